The fourth-order valence-corrected chi connectivity index (χ4v) is 2.57. The summed E-state index contributed by atoms with van der Waals surface area (Å²) >= 11 is 0. The first-order chi connectivity index (χ1) is 15.8. The molecule has 2 amide bonds. The normalized spacial score (nSPS) is 11.4. The van der Waals surface area contributed by atoms with Crippen LogP contribution in [0.3, 0.4) is 0 Å². The second-order valence-corrected chi connectivity index (χ2v) is 7.49. The SMILES string of the molecule is CC(C)COc1ccc(C(=O)N/C(=C\c2ccc(OCC(F)F)cc2)C(=O)NCCO)cc1. The molecule has 33 heavy (non-hydrogen) atoms. The lowest BCUT2D eigenvalue weighted by Crippen LogP contribution is -2.36. The van der Waals surface area contributed by atoms with Gasteiger partial charge in [0.25, 0.3) is 18.2 Å². The highest BCUT2D eigenvalue weighted by atomic mass is 19.3. The van der Waals surface area contributed by atoms with Gasteiger partial charge in [-0.05, 0) is 54.0 Å². The Morgan fingerprint density at radius 2 is 1.55 bits per heavy atom. The number of ether oxygens (including phenoxy) is 2. The van der Waals surface area contributed by atoms with Crippen LogP contribution in [0.1, 0.15) is 29.8 Å². The topological polar surface area (TPSA) is 96.9 Å². The van der Waals surface area contributed by atoms with E-state index in [1.165, 1.54) is 18.2 Å². The molecule has 0 bridgehead atoms. The molecule has 178 valence electrons. The van der Waals surface area contributed by atoms with Gasteiger partial charge in [0.05, 0.1) is 13.2 Å². The standard InChI is InChI=1S/C24H28F2N2O5/c1-16(2)14-32-20-9-5-18(6-10-20)23(30)28-21(24(31)27-11-12-29)13-17-3-7-19(8-4-17)33-15-22(25)26/h3-10,13,16,22,29H,11-12,14-15H2,1-2H3,(H,27,31)(H,28,30)/b21-13-. The summed E-state index contributed by atoms with van der Waals surface area (Å²) in [5, 5.41) is 14.0. The molecule has 0 aliphatic rings. The van der Waals surface area contributed by atoms with Crippen molar-refractivity contribution < 1.29 is 33.0 Å². The van der Waals surface area contributed by atoms with Crippen LogP contribution in [0.2, 0.25) is 0 Å². The number of hydrogen-bond acceptors (Lipinski definition) is 5. The van der Waals surface area contributed by atoms with E-state index in [0.29, 0.717) is 29.4 Å². The van der Waals surface area contributed by atoms with Crippen LogP contribution in [0.25, 0.3) is 6.08 Å². The predicted octanol–water partition coefficient (Wildman–Crippen LogP) is 3.24. The third-order valence-corrected chi connectivity index (χ3v) is 4.16. The maximum atomic E-state index is 12.7. The zero-order valence-electron chi connectivity index (χ0n) is 18.5. The molecule has 0 spiro atoms. The number of aliphatic hydroxyl groups is 1. The lowest BCUT2D eigenvalue weighted by atomic mass is 10.1. The molecule has 0 aromatic heterocycles. The molecule has 0 heterocycles. The number of rotatable bonds is 12. The molecule has 0 unspecified atom stereocenters. The first kappa shape index (κ1) is 25.8. The van der Waals surface area contributed by atoms with Gasteiger partial charge >= 0.3 is 0 Å². The van der Waals surface area contributed by atoms with E-state index in [1.54, 1.807) is 36.4 Å². The average molecular weight is 462 g/mol. The molecule has 2 aromatic rings. The molecule has 0 saturated heterocycles. The number of hydrogen-bond donors (Lipinski definition) is 3. The van der Waals surface area contributed by atoms with Crippen molar-refractivity contribution in [2.75, 3.05) is 26.4 Å². The van der Waals surface area contributed by atoms with Crippen molar-refractivity contribution in [2.45, 2.75) is 20.3 Å². The molecule has 3 N–H and O–H groups in total. The van der Waals surface area contributed by atoms with Gasteiger partial charge in [-0.2, -0.15) is 0 Å². The minimum atomic E-state index is -2.59. The van der Waals surface area contributed by atoms with E-state index in [4.69, 9.17) is 14.6 Å². The Balaban J connectivity index is 2.14. The highest BCUT2D eigenvalue weighted by Gasteiger charge is 2.15. The zero-order chi connectivity index (χ0) is 24.2. The van der Waals surface area contributed by atoms with Crippen molar-refractivity contribution in [3.8, 4) is 11.5 Å². The highest BCUT2D eigenvalue weighted by Crippen LogP contribution is 2.16. The molecule has 0 atom stereocenters. The quantitative estimate of drug-likeness (QED) is 0.421. The Morgan fingerprint density at radius 3 is 2.09 bits per heavy atom. The van der Waals surface area contributed by atoms with Crippen LogP contribution in [-0.4, -0.2) is 49.7 Å². The molecule has 9 heteroatoms. The second-order valence-electron chi connectivity index (χ2n) is 7.49. The first-order valence-corrected chi connectivity index (χ1v) is 10.4. The van der Waals surface area contributed by atoms with Crippen molar-refractivity contribution in [3.63, 3.8) is 0 Å². The Morgan fingerprint density at radius 1 is 0.970 bits per heavy atom. The molecule has 0 saturated carbocycles. The molecular formula is C24H28F2N2O5. The molecule has 2 rings (SSSR count). The molecule has 0 aliphatic carbocycles. The molecular weight excluding hydrogens is 434 g/mol. The highest BCUT2D eigenvalue weighted by molar-refractivity contribution is 6.05. The van der Waals surface area contributed by atoms with E-state index in [9.17, 15) is 18.4 Å². The Kier molecular flexibility index (Phi) is 10.3. The smallest absolute Gasteiger partial charge is 0.272 e. The fourth-order valence-electron chi connectivity index (χ4n) is 2.57. The summed E-state index contributed by atoms with van der Waals surface area (Å²) in [7, 11) is 0. The molecule has 0 radical (unpaired) electrons. The number of carbonyl (C=O) groups is 2. The number of aliphatic hydroxyl groups excluding tert-OH is 1. The summed E-state index contributed by atoms with van der Waals surface area (Å²) in [6.07, 6.45) is -1.15. The summed E-state index contributed by atoms with van der Waals surface area (Å²) in [5.74, 6) is 0.149. The summed E-state index contributed by atoms with van der Waals surface area (Å²) in [6.45, 7) is 3.63. The van der Waals surface area contributed by atoms with E-state index in [2.05, 4.69) is 10.6 Å². The lowest BCUT2D eigenvalue weighted by molar-refractivity contribution is -0.117. The second kappa shape index (κ2) is 13.2. The van der Waals surface area contributed by atoms with Gasteiger partial charge in [-0.15, -0.1) is 0 Å². The van der Waals surface area contributed by atoms with Crippen LogP contribution in [0.15, 0.2) is 54.2 Å². The molecule has 7 nitrogen and oxygen atoms in total. The van der Waals surface area contributed by atoms with Crippen LogP contribution < -0.4 is 20.1 Å². The van der Waals surface area contributed by atoms with Crippen LogP contribution in [0, 0.1) is 5.92 Å². The van der Waals surface area contributed by atoms with Crippen molar-refractivity contribution in [2.24, 2.45) is 5.92 Å². The van der Waals surface area contributed by atoms with Crippen molar-refractivity contribution in [1.82, 2.24) is 10.6 Å². The maximum Gasteiger partial charge on any atom is 0.272 e. The van der Waals surface area contributed by atoms with Crippen molar-refractivity contribution >= 4 is 17.9 Å². The van der Waals surface area contributed by atoms with Crippen molar-refractivity contribution in [3.05, 3.63) is 65.4 Å². The Bertz CT molecular complexity index is 929. The third-order valence-electron chi connectivity index (χ3n) is 4.16. The Hall–Kier alpha value is -3.46. The third kappa shape index (κ3) is 9.28. The fraction of sp³-hybridized carbons (Fsp3) is 0.333. The predicted molar refractivity (Wildman–Crippen MR) is 120 cm³/mol. The van der Waals surface area contributed by atoms with Crippen LogP contribution in [-0.2, 0) is 4.79 Å². The minimum absolute atomic E-state index is 0.00827. The van der Waals surface area contributed by atoms with Crippen LogP contribution in [0.4, 0.5) is 8.78 Å². The van der Waals surface area contributed by atoms with Crippen molar-refractivity contribution in [1.29, 1.82) is 0 Å². The molecule has 0 fully saturated rings. The van der Waals surface area contributed by atoms with E-state index in [1.807, 2.05) is 13.8 Å². The van der Waals surface area contributed by atoms with Gasteiger partial charge in [-0.3, -0.25) is 9.59 Å². The lowest BCUT2D eigenvalue weighted by Gasteiger charge is -2.12. The van der Waals surface area contributed by atoms with E-state index < -0.39 is 24.8 Å². The van der Waals surface area contributed by atoms with Gasteiger partial charge in [0, 0.05) is 12.1 Å². The summed E-state index contributed by atoms with van der Waals surface area (Å²) in [4.78, 5) is 25.2. The average Bonchev–Trinajstić information content (AvgIpc) is 2.80. The maximum absolute atomic E-state index is 12.7. The number of benzene rings is 2. The van der Waals surface area contributed by atoms with Gasteiger partial charge in [0.2, 0.25) is 0 Å². The number of alkyl halides is 2. The minimum Gasteiger partial charge on any atom is -0.493 e. The number of carbonyl (C=O) groups excluding carboxylic acids is 2. The van der Waals surface area contributed by atoms with Gasteiger partial charge in [0.15, 0.2) is 0 Å². The number of halogens is 2. The van der Waals surface area contributed by atoms with Gasteiger partial charge in [-0.1, -0.05) is 26.0 Å². The van der Waals surface area contributed by atoms with Gasteiger partial charge < -0.3 is 25.2 Å². The van der Waals surface area contributed by atoms with Crippen LogP contribution >= 0.6 is 0 Å². The van der Waals surface area contributed by atoms with Crippen LogP contribution in [0.5, 0.6) is 11.5 Å². The summed E-state index contributed by atoms with van der Waals surface area (Å²) in [6, 6.07) is 12.6. The van der Waals surface area contributed by atoms with Gasteiger partial charge in [0.1, 0.15) is 23.8 Å². The van der Waals surface area contributed by atoms with E-state index in [-0.39, 0.29) is 24.6 Å². The zero-order valence-corrected chi connectivity index (χ0v) is 18.5. The Labute approximate surface area is 191 Å². The van der Waals surface area contributed by atoms with E-state index in [0.717, 1.165) is 0 Å². The van der Waals surface area contributed by atoms with Gasteiger partial charge in [-0.25, -0.2) is 8.78 Å². The summed E-state index contributed by atoms with van der Waals surface area (Å²) in [5.41, 5.74) is 0.810. The molecule has 2 aromatic carbocycles. The number of nitrogens with one attached hydrogen (secondary N) is 2. The number of amides is 2. The monoisotopic (exact) mass is 462 g/mol. The molecule has 0 aliphatic heterocycles. The van der Waals surface area contributed by atoms with E-state index >= 15 is 0 Å². The first-order valence-electron chi connectivity index (χ1n) is 10.4. The largest absolute Gasteiger partial charge is 0.493 e. The summed E-state index contributed by atoms with van der Waals surface area (Å²) < 4.78 is 35.1.